The number of nitriles is 1. The number of rotatable bonds is 6. The molecule has 0 amide bonds. The minimum Gasteiger partial charge on any atom is -0.456 e. The third-order valence-corrected chi connectivity index (χ3v) is 11.8. The maximum Gasteiger partial charge on any atom is 0.164 e. The Balaban J connectivity index is 1.16. The van der Waals surface area contributed by atoms with Crippen molar-refractivity contribution in [2.45, 2.75) is 84.5 Å². The first kappa shape index (κ1) is 35.4. The summed E-state index contributed by atoms with van der Waals surface area (Å²) in [6, 6.07) is 40.2. The van der Waals surface area contributed by atoms with Crippen molar-refractivity contribution in [1.82, 2.24) is 15.0 Å². The predicted octanol–water partition coefficient (Wildman–Crippen LogP) is 13.1. The van der Waals surface area contributed by atoms with E-state index in [2.05, 4.69) is 139 Å². The van der Waals surface area contributed by atoms with Crippen molar-refractivity contribution in [3.05, 3.63) is 126 Å². The van der Waals surface area contributed by atoms with Crippen molar-refractivity contribution >= 4 is 21.9 Å². The lowest BCUT2D eigenvalue weighted by Gasteiger charge is -2.35. The fraction of sp³-hybridized carbons (Fsp3) is 0.306. The topological polar surface area (TPSA) is 75.6 Å². The van der Waals surface area contributed by atoms with Crippen LogP contribution in [-0.4, -0.2) is 15.0 Å². The second-order valence-corrected chi connectivity index (χ2v) is 16.8. The molecule has 1 aliphatic carbocycles. The molecule has 3 atom stereocenters. The Morgan fingerprint density at radius 1 is 0.630 bits per heavy atom. The van der Waals surface area contributed by atoms with Crippen molar-refractivity contribution in [2.75, 3.05) is 0 Å². The monoisotopic (exact) mass is 708 g/mol. The van der Waals surface area contributed by atoms with Crippen LogP contribution in [0, 0.1) is 23.2 Å². The zero-order valence-corrected chi connectivity index (χ0v) is 32.3. The van der Waals surface area contributed by atoms with Gasteiger partial charge in [-0.15, -0.1) is 0 Å². The van der Waals surface area contributed by atoms with Gasteiger partial charge in [0.05, 0.1) is 11.6 Å². The van der Waals surface area contributed by atoms with E-state index in [1.807, 2.05) is 12.1 Å². The first-order chi connectivity index (χ1) is 26.0. The van der Waals surface area contributed by atoms with Gasteiger partial charge in [0.25, 0.3) is 0 Å². The van der Waals surface area contributed by atoms with Gasteiger partial charge in [-0.25, -0.2) is 15.0 Å². The van der Waals surface area contributed by atoms with Crippen molar-refractivity contribution in [3.63, 3.8) is 0 Å². The SMILES string of the molecule is CCC1(c2ccc(-c3nc(-c4ccc(-c5ccc6c(c5)oc5cc(C#N)ccc56)cc4)nc(-c4ccc(C(C)(C)C)cc4)n3)cc2)C[C@H](C)CC[C@H](C)C1. The van der Waals surface area contributed by atoms with Gasteiger partial charge in [-0.05, 0) is 94.5 Å². The Kier molecular flexibility index (Phi) is 9.18. The molecule has 5 nitrogen and oxygen atoms in total. The largest absolute Gasteiger partial charge is 0.456 e. The van der Waals surface area contributed by atoms with E-state index in [-0.39, 0.29) is 10.8 Å². The molecule has 54 heavy (non-hydrogen) atoms. The highest BCUT2D eigenvalue weighted by atomic mass is 16.3. The van der Waals surface area contributed by atoms with Crippen molar-refractivity contribution in [3.8, 4) is 51.4 Å². The fourth-order valence-corrected chi connectivity index (χ4v) is 8.61. The van der Waals surface area contributed by atoms with E-state index in [4.69, 9.17) is 19.4 Å². The number of hydrogen-bond donors (Lipinski definition) is 0. The standard InChI is InChI=1S/C49H48N4O/c1-7-49(28-31(2)8-9-32(3)29-49)40-22-17-37(18-23-40)47-52-45(51-46(53-47)36-15-20-39(21-16-36)48(4,5)6)35-13-11-34(12-14-35)38-19-25-42-41-24-10-33(30-50)26-43(41)54-44(42)27-38/h10-27,31-32H,7-9,28-29H2,1-6H3/t31-,32+,49?. The Morgan fingerprint density at radius 2 is 1.09 bits per heavy atom. The molecule has 0 radical (unpaired) electrons. The molecule has 5 heteroatoms. The van der Waals surface area contributed by atoms with E-state index in [9.17, 15) is 5.26 Å². The summed E-state index contributed by atoms with van der Waals surface area (Å²) in [7, 11) is 0. The lowest BCUT2D eigenvalue weighted by Crippen LogP contribution is -2.28. The summed E-state index contributed by atoms with van der Waals surface area (Å²) in [5.41, 5.74) is 10.1. The highest BCUT2D eigenvalue weighted by Crippen LogP contribution is 2.45. The van der Waals surface area contributed by atoms with Gasteiger partial charge in [0.1, 0.15) is 11.2 Å². The van der Waals surface area contributed by atoms with Crippen LogP contribution in [0.1, 0.15) is 90.3 Å². The third kappa shape index (κ3) is 6.82. The number of furan rings is 1. The van der Waals surface area contributed by atoms with Gasteiger partial charge >= 0.3 is 0 Å². The lowest BCUT2D eigenvalue weighted by molar-refractivity contribution is 0.295. The van der Waals surface area contributed by atoms with Gasteiger partial charge in [-0.2, -0.15) is 5.26 Å². The molecule has 270 valence electrons. The molecule has 1 saturated carbocycles. The summed E-state index contributed by atoms with van der Waals surface area (Å²) in [6.07, 6.45) is 6.26. The quantitative estimate of drug-likeness (QED) is 0.161. The predicted molar refractivity (Wildman–Crippen MR) is 221 cm³/mol. The zero-order valence-electron chi connectivity index (χ0n) is 32.3. The lowest BCUT2D eigenvalue weighted by atomic mass is 9.69. The Bertz CT molecular complexity index is 2480. The Morgan fingerprint density at radius 3 is 1.61 bits per heavy atom. The summed E-state index contributed by atoms with van der Waals surface area (Å²) in [6.45, 7) is 13.9. The van der Waals surface area contributed by atoms with Gasteiger partial charge in [-0.1, -0.05) is 133 Å². The molecule has 0 bridgehead atoms. The summed E-state index contributed by atoms with van der Waals surface area (Å²) < 4.78 is 6.18. The zero-order chi connectivity index (χ0) is 37.6. The van der Waals surface area contributed by atoms with Crippen molar-refractivity contribution in [1.29, 1.82) is 5.26 Å². The smallest absolute Gasteiger partial charge is 0.164 e. The number of hydrogen-bond acceptors (Lipinski definition) is 5. The molecule has 1 fully saturated rings. The second kappa shape index (κ2) is 14.0. The maximum absolute atomic E-state index is 9.34. The van der Waals surface area contributed by atoms with Gasteiger partial charge in [-0.3, -0.25) is 0 Å². The summed E-state index contributed by atoms with van der Waals surface area (Å²) >= 11 is 0. The van der Waals surface area contributed by atoms with E-state index in [1.165, 1.54) is 36.8 Å². The molecular formula is C49H48N4O. The molecule has 0 aliphatic heterocycles. The van der Waals surface area contributed by atoms with Crippen LogP contribution in [0.25, 0.3) is 67.2 Å². The van der Waals surface area contributed by atoms with Crippen molar-refractivity contribution in [2.24, 2.45) is 11.8 Å². The van der Waals surface area contributed by atoms with Crippen LogP contribution in [0.15, 0.2) is 114 Å². The average molecular weight is 709 g/mol. The molecule has 8 rings (SSSR count). The highest BCUT2D eigenvalue weighted by Gasteiger charge is 2.36. The van der Waals surface area contributed by atoms with Crippen LogP contribution in [0.3, 0.4) is 0 Å². The molecule has 0 spiro atoms. The van der Waals surface area contributed by atoms with E-state index in [1.54, 1.807) is 6.07 Å². The molecule has 0 N–H and O–H groups in total. The summed E-state index contributed by atoms with van der Waals surface area (Å²) in [5, 5.41) is 11.4. The van der Waals surface area contributed by atoms with E-state index in [0.29, 0.717) is 23.0 Å². The molecule has 2 heterocycles. The molecule has 0 saturated heterocycles. The van der Waals surface area contributed by atoms with E-state index in [0.717, 1.165) is 68.0 Å². The molecule has 1 aliphatic rings. The normalized spacial score (nSPS) is 19.1. The Labute approximate surface area is 319 Å². The third-order valence-electron chi connectivity index (χ3n) is 11.8. The van der Waals surface area contributed by atoms with Gasteiger partial charge < -0.3 is 4.42 Å². The van der Waals surface area contributed by atoms with Crippen LogP contribution < -0.4 is 0 Å². The molecule has 2 aromatic heterocycles. The van der Waals surface area contributed by atoms with Crippen molar-refractivity contribution < 1.29 is 4.42 Å². The fourth-order valence-electron chi connectivity index (χ4n) is 8.61. The molecular weight excluding hydrogens is 661 g/mol. The number of nitrogens with zero attached hydrogens (tertiary/aromatic N) is 4. The maximum atomic E-state index is 9.34. The number of benzene rings is 5. The molecule has 1 unspecified atom stereocenters. The summed E-state index contributed by atoms with van der Waals surface area (Å²) in [5.74, 6) is 3.43. The average Bonchev–Trinajstić information content (AvgIpc) is 3.48. The Hall–Kier alpha value is -5.60. The first-order valence-corrected chi connectivity index (χ1v) is 19.5. The van der Waals surface area contributed by atoms with Gasteiger partial charge in [0.2, 0.25) is 0 Å². The van der Waals surface area contributed by atoms with Crippen LogP contribution in [0.2, 0.25) is 0 Å². The number of fused-ring (bicyclic) bond motifs is 3. The molecule has 7 aromatic rings. The van der Waals surface area contributed by atoms with E-state index >= 15 is 0 Å². The highest BCUT2D eigenvalue weighted by molar-refractivity contribution is 6.06. The number of aromatic nitrogens is 3. The van der Waals surface area contributed by atoms with Crippen LogP contribution in [0.4, 0.5) is 0 Å². The van der Waals surface area contributed by atoms with Gasteiger partial charge in [0.15, 0.2) is 17.5 Å². The van der Waals surface area contributed by atoms with E-state index < -0.39 is 0 Å². The first-order valence-electron chi connectivity index (χ1n) is 19.5. The summed E-state index contributed by atoms with van der Waals surface area (Å²) in [4.78, 5) is 15.2. The van der Waals surface area contributed by atoms with Crippen LogP contribution in [-0.2, 0) is 10.8 Å². The van der Waals surface area contributed by atoms with Crippen LogP contribution >= 0.6 is 0 Å². The minimum atomic E-state index is 0.0517. The second-order valence-electron chi connectivity index (χ2n) is 16.8. The minimum absolute atomic E-state index is 0.0517. The molecule has 5 aromatic carbocycles. The van der Waals surface area contributed by atoms with Gasteiger partial charge in [0, 0.05) is 27.5 Å². The van der Waals surface area contributed by atoms with Crippen LogP contribution in [0.5, 0.6) is 0 Å².